The Hall–Kier alpha value is -1.63. The molecule has 7 heteroatoms. The van der Waals surface area contributed by atoms with E-state index >= 15 is 0 Å². The van der Waals surface area contributed by atoms with Gasteiger partial charge in [-0.1, -0.05) is 13.8 Å². The molecule has 3 amide bonds. The third kappa shape index (κ3) is 5.47. The summed E-state index contributed by atoms with van der Waals surface area (Å²) in [6, 6.07) is 0.106. The Bertz CT molecular complexity index is 467. The summed E-state index contributed by atoms with van der Waals surface area (Å²) in [6.45, 7) is 7.38. The average molecular weight is 338 g/mol. The van der Waals surface area contributed by atoms with Crippen molar-refractivity contribution >= 4 is 17.7 Å². The van der Waals surface area contributed by atoms with Gasteiger partial charge in [0, 0.05) is 38.6 Å². The lowest BCUT2D eigenvalue weighted by Crippen LogP contribution is -2.58. The largest absolute Gasteiger partial charge is 0.347 e. The zero-order valence-electron chi connectivity index (χ0n) is 14.8. The number of likely N-dealkylation sites (tertiary alicyclic amines) is 1. The van der Waals surface area contributed by atoms with E-state index in [0.717, 1.165) is 25.8 Å². The second kappa shape index (κ2) is 9.01. The number of nitrogens with one attached hydrogen (secondary N) is 2. The van der Waals surface area contributed by atoms with Crippen LogP contribution in [-0.4, -0.2) is 72.8 Å². The van der Waals surface area contributed by atoms with Gasteiger partial charge in [-0.05, 0) is 25.2 Å². The number of hydrogen-bond donors (Lipinski definition) is 2. The number of piperazine rings is 1. The Morgan fingerprint density at radius 3 is 2.83 bits per heavy atom. The monoisotopic (exact) mass is 338 g/mol. The van der Waals surface area contributed by atoms with Crippen LogP contribution in [0.3, 0.4) is 0 Å². The Kier molecular flexibility index (Phi) is 7.02. The van der Waals surface area contributed by atoms with Crippen molar-refractivity contribution in [2.45, 2.75) is 45.6 Å². The third-order valence-electron chi connectivity index (χ3n) is 4.70. The zero-order valence-corrected chi connectivity index (χ0v) is 14.8. The van der Waals surface area contributed by atoms with Crippen molar-refractivity contribution in [3.05, 3.63) is 0 Å². The molecule has 0 aromatic carbocycles. The molecule has 24 heavy (non-hydrogen) atoms. The quantitative estimate of drug-likeness (QED) is 0.712. The smallest absolute Gasteiger partial charge is 0.242 e. The van der Waals surface area contributed by atoms with Crippen molar-refractivity contribution in [2.24, 2.45) is 5.92 Å². The molecule has 0 spiro atoms. The minimum Gasteiger partial charge on any atom is -0.347 e. The Morgan fingerprint density at radius 1 is 1.33 bits per heavy atom. The third-order valence-corrected chi connectivity index (χ3v) is 4.70. The van der Waals surface area contributed by atoms with Crippen LogP contribution in [0, 0.1) is 5.92 Å². The van der Waals surface area contributed by atoms with Gasteiger partial charge in [0.25, 0.3) is 0 Å². The highest BCUT2D eigenvalue weighted by atomic mass is 16.2. The molecule has 2 N–H and O–H groups in total. The summed E-state index contributed by atoms with van der Waals surface area (Å²) in [7, 11) is 0. The minimum atomic E-state index is -0.0668. The van der Waals surface area contributed by atoms with E-state index in [9.17, 15) is 14.4 Å². The van der Waals surface area contributed by atoms with Gasteiger partial charge in [0.1, 0.15) is 0 Å². The standard InChI is InChI=1S/C17H30N4O3/c1-13(2)5-6-15(22)19-11-16(23)20-8-3-4-14(12-20)21-9-7-18-10-17(21)24/h13-14,18H,3-12H2,1-2H3,(H,19,22). The molecular weight excluding hydrogens is 308 g/mol. The van der Waals surface area contributed by atoms with E-state index in [2.05, 4.69) is 24.5 Å². The molecule has 2 aliphatic heterocycles. The van der Waals surface area contributed by atoms with Crippen molar-refractivity contribution in [1.82, 2.24) is 20.4 Å². The van der Waals surface area contributed by atoms with E-state index in [1.165, 1.54) is 0 Å². The van der Waals surface area contributed by atoms with Gasteiger partial charge >= 0.3 is 0 Å². The lowest BCUT2D eigenvalue weighted by molar-refractivity contribution is -0.140. The van der Waals surface area contributed by atoms with Crippen LogP contribution < -0.4 is 10.6 Å². The first-order chi connectivity index (χ1) is 11.5. The Balaban J connectivity index is 1.77. The van der Waals surface area contributed by atoms with Gasteiger partial charge in [0.05, 0.1) is 13.1 Å². The number of piperidine rings is 1. The van der Waals surface area contributed by atoms with Crippen molar-refractivity contribution in [3.8, 4) is 0 Å². The first-order valence-corrected chi connectivity index (χ1v) is 9.02. The van der Waals surface area contributed by atoms with Crippen LogP contribution in [0.4, 0.5) is 0 Å². The molecule has 0 radical (unpaired) electrons. The maximum absolute atomic E-state index is 12.3. The van der Waals surface area contributed by atoms with Gasteiger partial charge in [-0.25, -0.2) is 0 Å². The molecule has 2 rings (SSSR count). The molecule has 0 bridgehead atoms. The fourth-order valence-corrected chi connectivity index (χ4v) is 3.24. The summed E-state index contributed by atoms with van der Waals surface area (Å²) in [6.07, 6.45) is 3.13. The zero-order chi connectivity index (χ0) is 17.5. The average Bonchev–Trinajstić information content (AvgIpc) is 2.58. The van der Waals surface area contributed by atoms with Crippen molar-refractivity contribution < 1.29 is 14.4 Å². The molecule has 0 aliphatic carbocycles. The number of carbonyl (C=O) groups is 3. The highest BCUT2D eigenvalue weighted by Crippen LogP contribution is 2.17. The van der Waals surface area contributed by atoms with Gasteiger partial charge in [-0.2, -0.15) is 0 Å². The van der Waals surface area contributed by atoms with Crippen LogP contribution in [-0.2, 0) is 14.4 Å². The van der Waals surface area contributed by atoms with Crippen molar-refractivity contribution in [2.75, 3.05) is 39.3 Å². The normalized spacial score (nSPS) is 22.0. The molecule has 0 aromatic heterocycles. The van der Waals surface area contributed by atoms with Crippen molar-refractivity contribution in [1.29, 1.82) is 0 Å². The molecule has 2 heterocycles. The number of rotatable bonds is 6. The van der Waals surface area contributed by atoms with Crippen LogP contribution in [0.15, 0.2) is 0 Å². The minimum absolute atomic E-state index is 0.0547. The van der Waals surface area contributed by atoms with Crippen LogP contribution in [0.1, 0.15) is 39.5 Å². The maximum Gasteiger partial charge on any atom is 0.242 e. The maximum atomic E-state index is 12.3. The lowest BCUT2D eigenvalue weighted by atomic mass is 10.0. The first kappa shape index (κ1) is 18.7. The highest BCUT2D eigenvalue weighted by molar-refractivity contribution is 5.85. The van der Waals surface area contributed by atoms with Gasteiger partial charge in [0.2, 0.25) is 17.7 Å². The Labute approximate surface area is 144 Å². The summed E-state index contributed by atoms with van der Waals surface area (Å²) in [5, 5.41) is 5.79. The fourth-order valence-electron chi connectivity index (χ4n) is 3.24. The molecule has 0 aromatic rings. The Morgan fingerprint density at radius 2 is 2.12 bits per heavy atom. The number of hydrogen-bond acceptors (Lipinski definition) is 4. The molecule has 1 unspecified atom stereocenters. The molecule has 2 aliphatic rings. The SMILES string of the molecule is CC(C)CCC(=O)NCC(=O)N1CCCC(N2CCNCC2=O)C1. The van der Waals surface area contributed by atoms with Crippen LogP contribution in [0.25, 0.3) is 0 Å². The van der Waals surface area contributed by atoms with Crippen LogP contribution in [0.5, 0.6) is 0 Å². The summed E-state index contributed by atoms with van der Waals surface area (Å²) >= 11 is 0. The number of carbonyl (C=O) groups excluding carboxylic acids is 3. The van der Waals surface area contributed by atoms with Gasteiger partial charge < -0.3 is 20.4 Å². The molecule has 7 nitrogen and oxygen atoms in total. The summed E-state index contributed by atoms with van der Waals surface area (Å²) in [5.41, 5.74) is 0. The second-order valence-electron chi connectivity index (χ2n) is 7.11. The molecule has 1 atom stereocenters. The predicted octanol–water partition coefficient (Wildman–Crippen LogP) is -0.0384. The molecule has 136 valence electrons. The summed E-state index contributed by atoms with van der Waals surface area (Å²) in [5.74, 6) is 0.469. The van der Waals surface area contributed by atoms with Crippen LogP contribution >= 0.6 is 0 Å². The van der Waals surface area contributed by atoms with E-state index in [1.807, 2.05) is 4.90 Å². The van der Waals surface area contributed by atoms with Gasteiger partial charge in [-0.15, -0.1) is 0 Å². The molecule has 0 saturated carbocycles. The molecule has 2 fully saturated rings. The van der Waals surface area contributed by atoms with E-state index in [1.54, 1.807) is 4.90 Å². The van der Waals surface area contributed by atoms with E-state index in [-0.39, 0.29) is 30.3 Å². The molecular formula is C17H30N4O3. The summed E-state index contributed by atoms with van der Waals surface area (Å²) < 4.78 is 0. The van der Waals surface area contributed by atoms with Crippen molar-refractivity contribution in [3.63, 3.8) is 0 Å². The van der Waals surface area contributed by atoms with E-state index < -0.39 is 0 Å². The van der Waals surface area contributed by atoms with Gasteiger partial charge in [0.15, 0.2) is 0 Å². The van der Waals surface area contributed by atoms with E-state index in [0.29, 0.717) is 38.5 Å². The first-order valence-electron chi connectivity index (χ1n) is 9.02. The van der Waals surface area contributed by atoms with Crippen LogP contribution in [0.2, 0.25) is 0 Å². The van der Waals surface area contributed by atoms with E-state index in [4.69, 9.17) is 0 Å². The fraction of sp³-hybridized carbons (Fsp3) is 0.824. The summed E-state index contributed by atoms with van der Waals surface area (Å²) in [4.78, 5) is 39.8. The predicted molar refractivity (Wildman–Crippen MR) is 91.3 cm³/mol. The topological polar surface area (TPSA) is 81.8 Å². The second-order valence-corrected chi connectivity index (χ2v) is 7.11. The highest BCUT2D eigenvalue weighted by Gasteiger charge is 2.31. The number of amides is 3. The van der Waals surface area contributed by atoms with Gasteiger partial charge in [-0.3, -0.25) is 14.4 Å². The number of nitrogens with zero attached hydrogens (tertiary/aromatic N) is 2. The molecule has 2 saturated heterocycles. The lowest BCUT2D eigenvalue weighted by Gasteiger charge is -2.41.